The van der Waals surface area contributed by atoms with Crippen molar-refractivity contribution >= 4 is 0 Å². The Labute approximate surface area is 107 Å². The summed E-state index contributed by atoms with van der Waals surface area (Å²) in [5.41, 5.74) is 3.38. The largest absolute Gasteiger partial charge is 0.373 e. The molecule has 0 saturated heterocycles. The maximum atomic E-state index is 13.4. The van der Waals surface area contributed by atoms with Gasteiger partial charge in [-0.25, -0.2) is 4.39 Å². The Morgan fingerprint density at radius 3 is 2.72 bits per heavy atom. The van der Waals surface area contributed by atoms with Crippen LogP contribution in [0.15, 0.2) is 24.3 Å². The molecular weight excluding hydrogens is 231 g/mol. The molecule has 1 aliphatic carbocycles. The number of hydrogen-bond acceptors (Lipinski definition) is 3. The van der Waals surface area contributed by atoms with Gasteiger partial charge in [0, 0.05) is 6.61 Å². The van der Waals surface area contributed by atoms with E-state index in [2.05, 4.69) is 5.43 Å². The minimum Gasteiger partial charge on any atom is -0.373 e. The number of rotatable bonds is 5. The standard InChI is InChI=1S/C14H21FN2O/c1-2-18-14(8-3-4-9-14)13(17-16)11-6-5-7-12(15)10-11/h5-7,10,13,17H,2-4,8-9,16H2,1H3. The maximum absolute atomic E-state index is 13.4. The van der Waals surface area contributed by atoms with Gasteiger partial charge in [0.2, 0.25) is 0 Å². The van der Waals surface area contributed by atoms with Crippen molar-refractivity contribution in [1.82, 2.24) is 5.43 Å². The lowest BCUT2D eigenvalue weighted by atomic mass is 9.87. The van der Waals surface area contributed by atoms with E-state index in [-0.39, 0.29) is 17.5 Å². The molecule has 0 spiro atoms. The van der Waals surface area contributed by atoms with Crippen molar-refractivity contribution in [2.75, 3.05) is 6.61 Å². The minimum absolute atomic E-state index is 0.157. The van der Waals surface area contributed by atoms with E-state index >= 15 is 0 Å². The van der Waals surface area contributed by atoms with Crippen LogP contribution >= 0.6 is 0 Å². The van der Waals surface area contributed by atoms with Crippen molar-refractivity contribution in [3.63, 3.8) is 0 Å². The fourth-order valence-corrected chi connectivity index (χ4v) is 3.02. The van der Waals surface area contributed by atoms with Gasteiger partial charge in [0.1, 0.15) is 5.82 Å². The summed E-state index contributed by atoms with van der Waals surface area (Å²) < 4.78 is 19.3. The van der Waals surface area contributed by atoms with Gasteiger partial charge in [-0.05, 0) is 37.5 Å². The van der Waals surface area contributed by atoms with Gasteiger partial charge >= 0.3 is 0 Å². The fraction of sp³-hybridized carbons (Fsp3) is 0.571. The van der Waals surface area contributed by atoms with Crippen molar-refractivity contribution in [2.24, 2.45) is 5.84 Å². The molecule has 18 heavy (non-hydrogen) atoms. The first-order chi connectivity index (χ1) is 8.72. The van der Waals surface area contributed by atoms with E-state index in [1.54, 1.807) is 6.07 Å². The first-order valence-electron chi connectivity index (χ1n) is 6.57. The fourth-order valence-electron chi connectivity index (χ4n) is 3.02. The van der Waals surface area contributed by atoms with Crippen LogP contribution in [0, 0.1) is 5.82 Å². The number of halogens is 1. The highest BCUT2D eigenvalue weighted by molar-refractivity contribution is 5.24. The highest BCUT2D eigenvalue weighted by Crippen LogP contribution is 2.42. The van der Waals surface area contributed by atoms with Gasteiger partial charge in [-0.2, -0.15) is 0 Å². The van der Waals surface area contributed by atoms with Crippen LogP contribution in [0.1, 0.15) is 44.2 Å². The molecular formula is C14H21FN2O. The normalized spacial score (nSPS) is 19.9. The summed E-state index contributed by atoms with van der Waals surface area (Å²) in [5.74, 6) is 5.46. The molecule has 0 bridgehead atoms. The average molecular weight is 252 g/mol. The predicted octanol–water partition coefficient (Wildman–Crippen LogP) is 2.68. The van der Waals surface area contributed by atoms with Gasteiger partial charge in [0.15, 0.2) is 0 Å². The van der Waals surface area contributed by atoms with E-state index in [1.165, 1.54) is 12.1 Å². The van der Waals surface area contributed by atoms with Gasteiger partial charge in [-0.3, -0.25) is 11.3 Å². The Kier molecular flexibility index (Phi) is 4.32. The molecule has 0 amide bonds. The van der Waals surface area contributed by atoms with Crippen LogP contribution in [0.3, 0.4) is 0 Å². The lowest BCUT2D eigenvalue weighted by Gasteiger charge is -2.37. The SMILES string of the molecule is CCOC1(C(NN)c2cccc(F)c2)CCCC1. The monoisotopic (exact) mass is 252 g/mol. The molecule has 100 valence electrons. The molecule has 1 aromatic carbocycles. The molecule has 3 nitrogen and oxygen atoms in total. The minimum atomic E-state index is -0.294. The van der Waals surface area contributed by atoms with Crippen LogP contribution in [-0.2, 0) is 4.74 Å². The molecule has 3 N–H and O–H groups in total. The summed E-state index contributed by atoms with van der Waals surface area (Å²) in [6.45, 7) is 2.63. The lowest BCUT2D eigenvalue weighted by molar-refractivity contribution is -0.0627. The quantitative estimate of drug-likeness (QED) is 0.625. The molecule has 4 heteroatoms. The Hall–Kier alpha value is -0.970. The first kappa shape index (κ1) is 13.5. The number of nitrogens with one attached hydrogen (secondary N) is 1. The molecule has 0 heterocycles. The van der Waals surface area contributed by atoms with Crippen LogP contribution in [0.2, 0.25) is 0 Å². The summed E-state index contributed by atoms with van der Waals surface area (Å²) in [4.78, 5) is 0. The van der Waals surface area contributed by atoms with E-state index < -0.39 is 0 Å². The van der Waals surface area contributed by atoms with Crippen molar-refractivity contribution in [3.05, 3.63) is 35.6 Å². The zero-order chi connectivity index (χ0) is 13.0. The van der Waals surface area contributed by atoms with Crippen LogP contribution in [0.25, 0.3) is 0 Å². The summed E-state index contributed by atoms with van der Waals surface area (Å²) >= 11 is 0. The number of benzene rings is 1. The van der Waals surface area contributed by atoms with Gasteiger partial charge in [-0.15, -0.1) is 0 Å². The van der Waals surface area contributed by atoms with E-state index in [9.17, 15) is 4.39 Å². The van der Waals surface area contributed by atoms with Crippen LogP contribution < -0.4 is 11.3 Å². The number of hydrogen-bond donors (Lipinski definition) is 2. The topological polar surface area (TPSA) is 47.3 Å². The third-order valence-corrected chi connectivity index (χ3v) is 3.76. The number of nitrogens with two attached hydrogens (primary N) is 1. The number of hydrazine groups is 1. The van der Waals surface area contributed by atoms with Crippen LogP contribution in [-0.4, -0.2) is 12.2 Å². The third kappa shape index (κ3) is 2.55. The molecule has 1 atom stereocenters. The van der Waals surface area contributed by atoms with Crippen LogP contribution in [0.5, 0.6) is 0 Å². The second kappa shape index (κ2) is 5.78. The molecule has 1 unspecified atom stereocenters. The summed E-state index contributed by atoms with van der Waals surface area (Å²) in [6.07, 6.45) is 4.19. The van der Waals surface area contributed by atoms with Crippen LogP contribution in [0.4, 0.5) is 4.39 Å². The summed E-state index contributed by atoms with van der Waals surface area (Å²) in [6, 6.07) is 6.43. The van der Waals surface area contributed by atoms with Gasteiger partial charge in [0.25, 0.3) is 0 Å². The molecule has 0 radical (unpaired) electrons. The van der Waals surface area contributed by atoms with E-state index in [4.69, 9.17) is 10.6 Å². The molecule has 1 saturated carbocycles. The predicted molar refractivity (Wildman–Crippen MR) is 69.3 cm³/mol. The zero-order valence-corrected chi connectivity index (χ0v) is 10.8. The molecule has 0 aliphatic heterocycles. The molecule has 1 aliphatic rings. The van der Waals surface area contributed by atoms with E-state index in [0.717, 1.165) is 31.2 Å². The highest BCUT2D eigenvalue weighted by atomic mass is 19.1. The molecule has 0 aromatic heterocycles. The Morgan fingerprint density at radius 2 is 2.17 bits per heavy atom. The van der Waals surface area contributed by atoms with Crippen molar-refractivity contribution in [3.8, 4) is 0 Å². The summed E-state index contributed by atoms with van der Waals surface area (Å²) in [5, 5.41) is 0. The Bertz CT molecular complexity index is 391. The van der Waals surface area contributed by atoms with Gasteiger partial charge < -0.3 is 4.74 Å². The van der Waals surface area contributed by atoms with E-state index in [0.29, 0.717) is 6.61 Å². The molecule has 2 rings (SSSR count). The Balaban J connectivity index is 2.31. The lowest BCUT2D eigenvalue weighted by Crippen LogP contribution is -2.47. The smallest absolute Gasteiger partial charge is 0.123 e. The van der Waals surface area contributed by atoms with Crippen molar-refractivity contribution < 1.29 is 9.13 Å². The Morgan fingerprint density at radius 1 is 1.44 bits per heavy atom. The maximum Gasteiger partial charge on any atom is 0.123 e. The third-order valence-electron chi connectivity index (χ3n) is 3.76. The van der Waals surface area contributed by atoms with E-state index in [1.807, 2.05) is 13.0 Å². The number of ether oxygens (including phenoxy) is 1. The second-order valence-corrected chi connectivity index (χ2v) is 4.86. The van der Waals surface area contributed by atoms with Gasteiger partial charge in [0.05, 0.1) is 11.6 Å². The molecule has 1 fully saturated rings. The first-order valence-corrected chi connectivity index (χ1v) is 6.57. The summed E-state index contributed by atoms with van der Waals surface area (Å²) in [7, 11) is 0. The second-order valence-electron chi connectivity index (χ2n) is 4.86. The van der Waals surface area contributed by atoms with Gasteiger partial charge in [-0.1, -0.05) is 25.0 Å². The van der Waals surface area contributed by atoms with Crippen molar-refractivity contribution in [2.45, 2.75) is 44.2 Å². The average Bonchev–Trinajstić information content (AvgIpc) is 2.80. The van der Waals surface area contributed by atoms with Crippen molar-refractivity contribution in [1.29, 1.82) is 0 Å². The zero-order valence-electron chi connectivity index (χ0n) is 10.8. The molecule has 1 aromatic rings. The highest BCUT2D eigenvalue weighted by Gasteiger charge is 2.42.